The molecule has 1 heterocycles. The van der Waals surface area contributed by atoms with Crippen LogP contribution in [0.15, 0.2) is 29.2 Å². The number of ether oxygens (including phenoxy) is 1. The van der Waals surface area contributed by atoms with E-state index in [0.29, 0.717) is 50.9 Å². The van der Waals surface area contributed by atoms with Gasteiger partial charge in [-0.05, 0) is 68.2 Å². The maximum atomic E-state index is 12.9. The van der Waals surface area contributed by atoms with Gasteiger partial charge in [-0.2, -0.15) is 4.31 Å². The molecule has 3 atom stereocenters. The molecule has 1 amide bonds. The Morgan fingerprint density at radius 3 is 2.36 bits per heavy atom. The second-order valence-corrected chi connectivity index (χ2v) is 10.3. The van der Waals surface area contributed by atoms with Gasteiger partial charge in [0.2, 0.25) is 15.9 Å². The van der Waals surface area contributed by atoms with Crippen molar-refractivity contribution in [2.45, 2.75) is 43.9 Å². The summed E-state index contributed by atoms with van der Waals surface area (Å²) in [6.45, 7) is 4.12. The van der Waals surface area contributed by atoms with Crippen LogP contribution in [0.2, 0.25) is 0 Å². The first-order valence-electron chi connectivity index (χ1n) is 10.5. The van der Waals surface area contributed by atoms with E-state index in [4.69, 9.17) is 4.74 Å². The normalized spacial score (nSPS) is 27.9. The molecule has 7 heteroatoms. The van der Waals surface area contributed by atoms with E-state index in [0.717, 1.165) is 11.8 Å². The second-order valence-electron chi connectivity index (χ2n) is 8.33. The van der Waals surface area contributed by atoms with Crippen LogP contribution in [0.25, 0.3) is 0 Å². The van der Waals surface area contributed by atoms with Crippen molar-refractivity contribution in [3.63, 3.8) is 0 Å². The van der Waals surface area contributed by atoms with Gasteiger partial charge in [-0.1, -0.05) is 6.42 Å². The number of piperazine rings is 1. The summed E-state index contributed by atoms with van der Waals surface area (Å²) in [6.07, 6.45) is 5.80. The Morgan fingerprint density at radius 1 is 1.07 bits per heavy atom. The van der Waals surface area contributed by atoms with E-state index in [2.05, 4.69) is 0 Å². The third-order valence-electron chi connectivity index (χ3n) is 6.69. The quantitative estimate of drug-likeness (QED) is 0.729. The summed E-state index contributed by atoms with van der Waals surface area (Å²) < 4.78 is 32.6. The molecule has 0 aromatic heterocycles. The fourth-order valence-corrected chi connectivity index (χ4v) is 6.60. The lowest BCUT2D eigenvalue weighted by molar-refractivity contribution is -0.133. The van der Waals surface area contributed by atoms with E-state index in [1.807, 2.05) is 11.8 Å². The third-order valence-corrected chi connectivity index (χ3v) is 8.60. The monoisotopic (exact) mass is 406 g/mol. The number of carbonyl (C=O) groups is 1. The van der Waals surface area contributed by atoms with Gasteiger partial charge >= 0.3 is 0 Å². The summed E-state index contributed by atoms with van der Waals surface area (Å²) in [6, 6.07) is 6.55. The zero-order valence-corrected chi connectivity index (χ0v) is 17.4. The van der Waals surface area contributed by atoms with Gasteiger partial charge < -0.3 is 9.64 Å². The SMILES string of the molecule is CCOc1ccc(S(=O)(=O)N2CCN(C(=O)C[C@H]3C[C@H]4CC[C@@H]3C4)CC2)cc1. The largest absolute Gasteiger partial charge is 0.494 e. The maximum absolute atomic E-state index is 12.9. The molecule has 3 fully saturated rings. The van der Waals surface area contributed by atoms with Crippen LogP contribution in [-0.4, -0.2) is 56.3 Å². The van der Waals surface area contributed by atoms with E-state index < -0.39 is 10.0 Å². The molecule has 2 aliphatic carbocycles. The first-order chi connectivity index (χ1) is 13.5. The van der Waals surface area contributed by atoms with Gasteiger partial charge in [-0.15, -0.1) is 0 Å². The zero-order valence-electron chi connectivity index (χ0n) is 16.5. The van der Waals surface area contributed by atoms with E-state index >= 15 is 0 Å². The van der Waals surface area contributed by atoms with Gasteiger partial charge in [0.1, 0.15) is 5.75 Å². The van der Waals surface area contributed by atoms with Gasteiger partial charge in [0.15, 0.2) is 0 Å². The molecule has 1 aromatic carbocycles. The molecule has 1 aromatic rings. The highest BCUT2D eigenvalue weighted by molar-refractivity contribution is 7.89. The molecule has 3 aliphatic rings. The standard InChI is InChI=1S/C21H30N2O4S/c1-2-27-19-5-7-20(8-6-19)28(25,26)23-11-9-22(10-12-23)21(24)15-18-14-16-3-4-17(18)13-16/h5-8,16-18H,2-4,9-15H2,1H3/t16-,17+,18+/m0/s1. The lowest BCUT2D eigenvalue weighted by atomic mass is 9.86. The summed E-state index contributed by atoms with van der Waals surface area (Å²) in [5.41, 5.74) is 0. The summed E-state index contributed by atoms with van der Waals surface area (Å²) in [7, 11) is -3.53. The first-order valence-corrected chi connectivity index (χ1v) is 11.9. The molecule has 0 unspecified atom stereocenters. The van der Waals surface area contributed by atoms with Crippen LogP contribution in [0, 0.1) is 17.8 Å². The minimum atomic E-state index is -3.53. The molecule has 1 saturated heterocycles. The molecule has 154 valence electrons. The molecule has 0 N–H and O–H groups in total. The number of carbonyl (C=O) groups excluding carboxylic acids is 1. The van der Waals surface area contributed by atoms with Crippen molar-refractivity contribution in [3.05, 3.63) is 24.3 Å². The number of sulfonamides is 1. The molecular formula is C21H30N2O4S. The first kappa shape index (κ1) is 19.7. The highest BCUT2D eigenvalue weighted by Gasteiger charge is 2.41. The Balaban J connectivity index is 1.32. The van der Waals surface area contributed by atoms with Gasteiger partial charge in [-0.25, -0.2) is 8.42 Å². The number of rotatable bonds is 6. The van der Waals surface area contributed by atoms with Crippen molar-refractivity contribution in [1.29, 1.82) is 0 Å². The number of nitrogens with zero attached hydrogens (tertiary/aromatic N) is 2. The lowest BCUT2D eigenvalue weighted by Crippen LogP contribution is -2.50. The van der Waals surface area contributed by atoms with Crippen LogP contribution < -0.4 is 4.74 Å². The Bertz CT molecular complexity index is 800. The summed E-state index contributed by atoms with van der Waals surface area (Å²) in [5.74, 6) is 3.01. The average molecular weight is 407 g/mol. The van der Waals surface area contributed by atoms with Crippen molar-refractivity contribution in [2.24, 2.45) is 17.8 Å². The fourth-order valence-electron chi connectivity index (χ4n) is 5.18. The van der Waals surface area contributed by atoms with Gasteiger partial charge in [0.05, 0.1) is 11.5 Å². The minimum absolute atomic E-state index is 0.204. The van der Waals surface area contributed by atoms with Gasteiger partial charge in [-0.3, -0.25) is 4.79 Å². The number of benzene rings is 1. The Morgan fingerprint density at radius 2 is 1.79 bits per heavy atom. The molecule has 0 radical (unpaired) electrons. The fraction of sp³-hybridized carbons (Fsp3) is 0.667. The van der Waals surface area contributed by atoms with Crippen molar-refractivity contribution in [3.8, 4) is 5.75 Å². The Kier molecular flexibility index (Phi) is 5.65. The van der Waals surface area contributed by atoms with Crippen molar-refractivity contribution in [2.75, 3.05) is 32.8 Å². The molecule has 6 nitrogen and oxygen atoms in total. The minimum Gasteiger partial charge on any atom is -0.494 e. The molecule has 4 rings (SSSR count). The van der Waals surface area contributed by atoms with Gasteiger partial charge in [0.25, 0.3) is 0 Å². The van der Waals surface area contributed by atoms with Crippen molar-refractivity contribution in [1.82, 2.24) is 9.21 Å². The van der Waals surface area contributed by atoms with Crippen LogP contribution in [-0.2, 0) is 14.8 Å². The Hall–Kier alpha value is -1.60. The molecule has 1 aliphatic heterocycles. The zero-order chi connectivity index (χ0) is 19.7. The average Bonchev–Trinajstić information content (AvgIpc) is 3.32. The van der Waals surface area contributed by atoms with Crippen LogP contribution in [0.1, 0.15) is 39.0 Å². The number of amides is 1. The van der Waals surface area contributed by atoms with Crippen LogP contribution in [0.5, 0.6) is 5.75 Å². The maximum Gasteiger partial charge on any atom is 0.243 e. The van der Waals surface area contributed by atoms with E-state index in [9.17, 15) is 13.2 Å². The lowest BCUT2D eigenvalue weighted by Gasteiger charge is -2.35. The van der Waals surface area contributed by atoms with Crippen LogP contribution in [0.3, 0.4) is 0 Å². The molecular weight excluding hydrogens is 376 g/mol. The van der Waals surface area contributed by atoms with E-state index in [1.54, 1.807) is 24.3 Å². The number of hydrogen-bond acceptors (Lipinski definition) is 4. The van der Waals surface area contributed by atoms with Crippen LogP contribution in [0.4, 0.5) is 0 Å². The summed E-state index contributed by atoms with van der Waals surface area (Å²) in [5, 5.41) is 0. The molecule has 2 saturated carbocycles. The predicted molar refractivity (Wildman–Crippen MR) is 107 cm³/mol. The highest BCUT2D eigenvalue weighted by Crippen LogP contribution is 2.49. The van der Waals surface area contributed by atoms with E-state index in [1.165, 1.54) is 30.0 Å². The van der Waals surface area contributed by atoms with Gasteiger partial charge in [0, 0.05) is 32.6 Å². The number of fused-ring (bicyclic) bond motifs is 2. The summed E-state index contributed by atoms with van der Waals surface area (Å²) in [4.78, 5) is 14.8. The van der Waals surface area contributed by atoms with Crippen molar-refractivity contribution >= 4 is 15.9 Å². The topological polar surface area (TPSA) is 66.9 Å². The molecule has 0 spiro atoms. The van der Waals surface area contributed by atoms with Crippen molar-refractivity contribution < 1.29 is 17.9 Å². The van der Waals surface area contributed by atoms with E-state index in [-0.39, 0.29) is 10.8 Å². The predicted octanol–water partition coefficient (Wildman–Crippen LogP) is 2.74. The Labute approximate surface area is 167 Å². The number of hydrogen-bond donors (Lipinski definition) is 0. The second kappa shape index (κ2) is 8.03. The highest BCUT2D eigenvalue weighted by atomic mass is 32.2. The third kappa shape index (κ3) is 3.92. The smallest absolute Gasteiger partial charge is 0.243 e. The molecule has 28 heavy (non-hydrogen) atoms. The van der Waals surface area contributed by atoms with Crippen LogP contribution >= 0.6 is 0 Å². The summed E-state index contributed by atoms with van der Waals surface area (Å²) >= 11 is 0. The molecule has 2 bridgehead atoms.